The van der Waals surface area contributed by atoms with Crippen molar-refractivity contribution in [2.24, 2.45) is 0 Å². The summed E-state index contributed by atoms with van der Waals surface area (Å²) in [5.74, 6) is -0.280. The quantitative estimate of drug-likeness (QED) is 0.678. The Kier molecular flexibility index (Phi) is 4.95. The molecule has 0 fully saturated rings. The van der Waals surface area contributed by atoms with E-state index in [1.807, 2.05) is 31.2 Å². The highest BCUT2D eigenvalue weighted by molar-refractivity contribution is 6.31. The molecule has 6 heteroatoms. The fraction of sp³-hybridized carbons (Fsp3) is 0.0526. The van der Waals surface area contributed by atoms with Crippen molar-refractivity contribution in [3.8, 4) is 0 Å². The van der Waals surface area contributed by atoms with Crippen molar-refractivity contribution in [2.75, 3.05) is 10.6 Å². The number of nitrogens with one attached hydrogen (secondary N) is 2. The molecular weight excluding hydrogens is 341 g/mol. The number of hydrogen-bond donors (Lipinski definition) is 2. The molecule has 25 heavy (non-hydrogen) atoms. The number of carbonyl (C=O) groups excluding carboxylic acids is 1. The van der Waals surface area contributed by atoms with Gasteiger partial charge in [-0.1, -0.05) is 29.3 Å². The van der Waals surface area contributed by atoms with Crippen molar-refractivity contribution < 1.29 is 9.18 Å². The molecule has 3 rings (SSSR count). The van der Waals surface area contributed by atoms with Crippen LogP contribution in [0.2, 0.25) is 5.02 Å². The summed E-state index contributed by atoms with van der Waals surface area (Å²) in [5, 5.41) is 5.84. The van der Waals surface area contributed by atoms with Crippen molar-refractivity contribution in [3.05, 3.63) is 82.8 Å². The highest BCUT2D eigenvalue weighted by Crippen LogP contribution is 2.22. The van der Waals surface area contributed by atoms with E-state index in [0.29, 0.717) is 22.8 Å². The van der Waals surface area contributed by atoms with Crippen LogP contribution in [0, 0.1) is 12.7 Å². The van der Waals surface area contributed by atoms with Crippen LogP contribution in [-0.2, 0) is 0 Å². The first-order valence-corrected chi connectivity index (χ1v) is 7.95. The first-order valence-electron chi connectivity index (χ1n) is 7.57. The van der Waals surface area contributed by atoms with Gasteiger partial charge in [-0.2, -0.15) is 0 Å². The molecule has 0 aliphatic rings. The SMILES string of the molecule is Cc1ccc(NC(=O)c2ccnc(Nc3ccc(F)c(Cl)c3)c2)cc1. The van der Waals surface area contributed by atoms with Gasteiger partial charge in [0, 0.05) is 23.1 Å². The van der Waals surface area contributed by atoms with Crippen molar-refractivity contribution in [1.29, 1.82) is 0 Å². The molecule has 0 saturated heterocycles. The average Bonchev–Trinajstić information content (AvgIpc) is 2.60. The molecular formula is C19H15ClFN3O. The molecule has 0 atom stereocenters. The van der Waals surface area contributed by atoms with Gasteiger partial charge in [0.1, 0.15) is 11.6 Å². The molecule has 126 valence electrons. The van der Waals surface area contributed by atoms with Crippen LogP contribution < -0.4 is 10.6 Å². The lowest BCUT2D eigenvalue weighted by Crippen LogP contribution is -2.12. The van der Waals surface area contributed by atoms with Gasteiger partial charge < -0.3 is 10.6 Å². The maximum Gasteiger partial charge on any atom is 0.255 e. The lowest BCUT2D eigenvalue weighted by atomic mass is 10.2. The summed E-state index contributed by atoms with van der Waals surface area (Å²) in [5.41, 5.74) is 2.86. The third kappa shape index (κ3) is 4.33. The standard InChI is InChI=1S/C19H15ClFN3O/c1-12-2-4-14(5-3-12)24-19(25)13-8-9-22-18(10-13)23-15-6-7-17(21)16(20)11-15/h2-11H,1H3,(H,22,23)(H,24,25). The highest BCUT2D eigenvalue weighted by atomic mass is 35.5. The molecule has 2 aromatic carbocycles. The Morgan fingerprint density at radius 2 is 1.76 bits per heavy atom. The lowest BCUT2D eigenvalue weighted by molar-refractivity contribution is 0.102. The number of anilines is 3. The van der Waals surface area contributed by atoms with Gasteiger partial charge in [0.2, 0.25) is 0 Å². The third-order valence-electron chi connectivity index (χ3n) is 3.52. The highest BCUT2D eigenvalue weighted by Gasteiger charge is 2.08. The predicted molar refractivity (Wildman–Crippen MR) is 98.1 cm³/mol. The molecule has 1 aromatic heterocycles. The van der Waals surface area contributed by atoms with Crippen molar-refractivity contribution >= 4 is 34.7 Å². The van der Waals surface area contributed by atoms with Crippen molar-refractivity contribution in [3.63, 3.8) is 0 Å². The van der Waals surface area contributed by atoms with Crippen LogP contribution in [0.15, 0.2) is 60.8 Å². The first-order chi connectivity index (χ1) is 12.0. The van der Waals surface area contributed by atoms with Crippen LogP contribution in [-0.4, -0.2) is 10.9 Å². The minimum absolute atomic E-state index is 0.0123. The molecule has 0 aliphatic carbocycles. The molecule has 1 heterocycles. The molecule has 0 spiro atoms. The van der Waals surface area contributed by atoms with Crippen molar-refractivity contribution in [2.45, 2.75) is 6.92 Å². The molecule has 3 aromatic rings. The van der Waals surface area contributed by atoms with Crippen LogP contribution in [0.3, 0.4) is 0 Å². The van der Waals surface area contributed by atoms with Gasteiger partial charge in [-0.3, -0.25) is 4.79 Å². The van der Waals surface area contributed by atoms with Crippen LogP contribution in [0.1, 0.15) is 15.9 Å². The van der Waals surface area contributed by atoms with Gasteiger partial charge >= 0.3 is 0 Å². The van der Waals surface area contributed by atoms with Crippen LogP contribution in [0.25, 0.3) is 0 Å². The van der Waals surface area contributed by atoms with Crippen LogP contribution >= 0.6 is 11.6 Å². The molecule has 1 amide bonds. The predicted octanol–water partition coefficient (Wildman–Crippen LogP) is 5.18. The van der Waals surface area contributed by atoms with E-state index < -0.39 is 5.82 Å². The number of rotatable bonds is 4. The Morgan fingerprint density at radius 1 is 1.04 bits per heavy atom. The normalized spacial score (nSPS) is 10.4. The Morgan fingerprint density at radius 3 is 2.48 bits per heavy atom. The Hall–Kier alpha value is -2.92. The Bertz CT molecular complexity index is 913. The topological polar surface area (TPSA) is 54.0 Å². The first kappa shape index (κ1) is 16.9. The van der Waals surface area contributed by atoms with Crippen LogP contribution in [0.5, 0.6) is 0 Å². The molecule has 0 unspecified atom stereocenters. The van der Waals surface area contributed by atoms with Crippen molar-refractivity contribution in [1.82, 2.24) is 4.98 Å². The molecule has 0 radical (unpaired) electrons. The van der Waals surface area contributed by atoms with E-state index >= 15 is 0 Å². The van der Waals surface area contributed by atoms with Gasteiger partial charge in [0.05, 0.1) is 5.02 Å². The van der Waals surface area contributed by atoms with Gasteiger partial charge in [-0.05, 0) is 49.4 Å². The van der Waals surface area contributed by atoms with E-state index in [-0.39, 0.29) is 10.9 Å². The summed E-state index contributed by atoms with van der Waals surface area (Å²) in [4.78, 5) is 16.5. The molecule has 2 N–H and O–H groups in total. The monoisotopic (exact) mass is 355 g/mol. The van der Waals surface area contributed by atoms with Gasteiger partial charge in [0.25, 0.3) is 5.91 Å². The number of pyridine rings is 1. The van der Waals surface area contributed by atoms with E-state index in [1.165, 1.54) is 18.3 Å². The maximum absolute atomic E-state index is 13.2. The minimum atomic E-state index is -0.494. The van der Waals surface area contributed by atoms with Crippen LogP contribution in [0.4, 0.5) is 21.6 Å². The second kappa shape index (κ2) is 7.32. The van der Waals surface area contributed by atoms with E-state index in [2.05, 4.69) is 15.6 Å². The van der Waals surface area contributed by atoms with E-state index in [4.69, 9.17) is 11.6 Å². The fourth-order valence-corrected chi connectivity index (χ4v) is 2.38. The number of benzene rings is 2. The fourth-order valence-electron chi connectivity index (χ4n) is 2.20. The number of aromatic nitrogens is 1. The number of halogens is 2. The summed E-state index contributed by atoms with van der Waals surface area (Å²) in [6.45, 7) is 1.98. The zero-order valence-corrected chi connectivity index (χ0v) is 14.1. The van der Waals surface area contributed by atoms with E-state index in [9.17, 15) is 9.18 Å². The maximum atomic E-state index is 13.2. The summed E-state index contributed by atoms with van der Waals surface area (Å²) in [6, 6.07) is 15.0. The summed E-state index contributed by atoms with van der Waals surface area (Å²) >= 11 is 5.76. The largest absolute Gasteiger partial charge is 0.340 e. The zero-order chi connectivity index (χ0) is 17.8. The van der Waals surface area contributed by atoms with Gasteiger partial charge in [-0.15, -0.1) is 0 Å². The second-order valence-electron chi connectivity index (χ2n) is 5.50. The number of hydrogen-bond acceptors (Lipinski definition) is 3. The number of nitrogens with zero attached hydrogens (tertiary/aromatic N) is 1. The molecule has 4 nitrogen and oxygen atoms in total. The minimum Gasteiger partial charge on any atom is -0.340 e. The van der Waals surface area contributed by atoms with Gasteiger partial charge in [0.15, 0.2) is 0 Å². The third-order valence-corrected chi connectivity index (χ3v) is 3.81. The lowest BCUT2D eigenvalue weighted by Gasteiger charge is -2.09. The van der Waals surface area contributed by atoms with E-state index in [0.717, 1.165) is 5.56 Å². The number of amides is 1. The summed E-state index contributed by atoms with van der Waals surface area (Å²) in [7, 11) is 0. The molecule has 0 saturated carbocycles. The summed E-state index contributed by atoms with van der Waals surface area (Å²) in [6.07, 6.45) is 1.53. The average molecular weight is 356 g/mol. The smallest absolute Gasteiger partial charge is 0.255 e. The second-order valence-corrected chi connectivity index (χ2v) is 5.91. The zero-order valence-electron chi connectivity index (χ0n) is 13.4. The number of carbonyl (C=O) groups is 1. The molecule has 0 bridgehead atoms. The number of aryl methyl sites for hydroxylation is 1. The van der Waals surface area contributed by atoms with E-state index in [1.54, 1.807) is 18.2 Å². The Balaban J connectivity index is 1.75. The Labute approximate surface area is 149 Å². The molecule has 0 aliphatic heterocycles. The summed E-state index contributed by atoms with van der Waals surface area (Å²) < 4.78 is 13.2. The van der Waals surface area contributed by atoms with Gasteiger partial charge in [-0.25, -0.2) is 9.37 Å².